The Morgan fingerprint density at radius 3 is 2.28 bits per heavy atom. The number of benzene rings is 2. The monoisotopic (exact) mass is 431 g/mol. The van der Waals surface area contributed by atoms with Gasteiger partial charge >= 0.3 is 0 Å². The van der Waals surface area contributed by atoms with Crippen LogP contribution in [0.25, 0.3) is 0 Å². The fraction of sp³-hybridized carbons (Fsp3) is 0.240. The Hall–Kier alpha value is -3.87. The van der Waals surface area contributed by atoms with E-state index in [4.69, 9.17) is 9.47 Å². The van der Waals surface area contributed by atoms with E-state index in [9.17, 15) is 9.59 Å². The summed E-state index contributed by atoms with van der Waals surface area (Å²) < 4.78 is 10.9. The lowest BCUT2D eigenvalue weighted by Gasteiger charge is -2.35. The van der Waals surface area contributed by atoms with Gasteiger partial charge in [0.2, 0.25) is 5.91 Å². The standard InChI is InChI=1S/C25H25N3O4/c1-31-22-5-2-4-19(16-22)17-24(29)27-12-14-28(15-13-27)25(30)20-7-9-21(10-8-20)32-23-6-3-11-26-18-23/h2-11,16,18H,12-15,17H2,1H3. The maximum Gasteiger partial charge on any atom is 0.253 e. The van der Waals surface area contributed by atoms with Gasteiger partial charge in [0.25, 0.3) is 5.91 Å². The van der Waals surface area contributed by atoms with Crippen LogP contribution in [0.1, 0.15) is 15.9 Å². The van der Waals surface area contributed by atoms with Crippen LogP contribution in [-0.2, 0) is 11.2 Å². The summed E-state index contributed by atoms with van der Waals surface area (Å²) in [7, 11) is 1.61. The predicted molar refractivity (Wildman–Crippen MR) is 120 cm³/mol. The number of hydrogen-bond acceptors (Lipinski definition) is 5. The lowest BCUT2D eigenvalue weighted by atomic mass is 10.1. The smallest absolute Gasteiger partial charge is 0.253 e. The fourth-order valence-electron chi connectivity index (χ4n) is 3.62. The summed E-state index contributed by atoms with van der Waals surface area (Å²) in [6.07, 6.45) is 3.64. The molecule has 0 atom stereocenters. The van der Waals surface area contributed by atoms with Gasteiger partial charge in [-0.05, 0) is 54.1 Å². The Labute approximate surface area is 187 Å². The molecule has 0 N–H and O–H groups in total. The molecule has 2 aromatic carbocycles. The van der Waals surface area contributed by atoms with Crippen LogP contribution in [0.3, 0.4) is 0 Å². The second kappa shape index (κ2) is 9.96. The molecule has 1 saturated heterocycles. The summed E-state index contributed by atoms with van der Waals surface area (Å²) in [5.74, 6) is 2.03. The molecule has 7 heteroatoms. The highest BCUT2D eigenvalue weighted by Gasteiger charge is 2.25. The van der Waals surface area contributed by atoms with Crippen LogP contribution >= 0.6 is 0 Å². The van der Waals surface area contributed by atoms with Crippen LogP contribution in [0.2, 0.25) is 0 Å². The van der Waals surface area contributed by atoms with Gasteiger partial charge in [0.1, 0.15) is 17.2 Å². The second-order valence-corrected chi connectivity index (χ2v) is 7.52. The molecule has 32 heavy (non-hydrogen) atoms. The summed E-state index contributed by atoms with van der Waals surface area (Å²) in [6.45, 7) is 2.07. The molecule has 0 saturated carbocycles. The molecule has 0 aliphatic carbocycles. The van der Waals surface area contributed by atoms with E-state index in [1.165, 1.54) is 0 Å². The minimum atomic E-state index is -0.0437. The number of aromatic nitrogens is 1. The van der Waals surface area contributed by atoms with Gasteiger partial charge < -0.3 is 19.3 Å². The highest BCUT2D eigenvalue weighted by molar-refractivity contribution is 5.94. The van der Waals surface area contributed by atoms with Gasteiger partial charge in [-0.15, -0.1) is 0 Å². The van der Waals surface area contributed by atoms with E-state index in [2.05, 4.69) is 4.98 Å². The van der Waals surface area contributed by atoms with Crippen LogP contribution in [0.4, 0.5) is 0 Å². The highest BCUT2D eigenvalue weighted by atomic mass is 16.5. The summed E-state index contributed by atoms with van der Waals surface area (Å²) in [5, 5.41) is 0. The third-order valence-electron chi connectivity index (χ3n) is 5.38. The first-order valence-corrected chi connectivity index (χ1v) is 10.5. The maximum absolute atomic E-state index is 12.9. The number of pyridine rings is 1. The number of piperazine rings is 1. The topological polar surface area (TPSA) is 72.0 Å². The first kappa shape index (κ1) is 21.4. The Morgan fingerprint density at radius 2 is 1.59 bits per heavy atom. The minimum Gasteiger partial charge on any atom is -0.497 e. The average Bonchev–Trinajstić information content (AvgIpc) is 2.85. The molecule has 0 radical (unpaired) electrons. The molecule has 4 rings (SSSR count). The summed E-state index contributed by atoms with van der Waals surface area (Å²) in [4.78, 5) is 33.1. The van der Waals surface area contributed by atoms with Crippen LogP contribution < -0.4 is 9.47 Å². The van der Waals surface area contributed by atoms with Crippen LogP contribution in [0.5, 0.6) is 17.2 Å². The van der Waals surface area contributed by atoms with Crippen LogP contribution in [-0.4, -0.2) is 59.9 Å². The van der Waals surface area contributed by atoms with Crippen molar-refractivity contribution in [2.45, 2.75) is 6.42 Å². The Bertz CT molecular complexity index is 1060. The number of hydrogen-bond donors (Lipinski definition) is 0. The van der Waals surface area contributed by atoms with Crippen molar-refractivity contribution in [3.63, 3.8) is 0 Å². The Morgan fingerprint density at radius 1 is 0.875 bits per heavy atom. The van der Waals surface area contributed by atoms with Crippen LogP contribution in [0, 0.1) is 0 Å². The largest absolute Gasteiger partial charge is 0.497 e. The van der Waals surface area contributed by atoms with Crippen molar-refractivity contribution in [3.8, 4) is 17.2 Å². The average molecular weight is 431 g/mol. The molecular formula is C25H25N3O4. The normalized spacial score (nSPS) is 13.5. The number of ether oxygens (including phenoxy) is 2. The predicted octanol–water partition coefficient (Wildman–Crippen LogP) is 3.41. The van der Waals surface area contributed by atoms with Gasteiger partial charge in [0.15, 0.2) is 0 Å². The quantitative estimate of drug-likeness (QED) is 0.598. The first-order valence-electron chi connectivity index (χ1n) is 10.5. The van der Waals surface area contributed by atoms with Crippen molar-refractivity contribution in [2.75, 3.05) is 33.3 Å². The third kappa shape index (κ3) is 5.24. The van der Waals surface area contributed by atoms with E-state index >= 15 is 0 Å². The zero-order chi connectivity index (χ0) is 22.3. The molecule has 1 fully saturated rings. The number of amides is 2. The summed E-state index contributed by atoms with van der Waals surface area (Å²) in [5.41, 5.74) is 1.51. The van der Waals surface area contributed by atoms with E-state index < -0.39 is 0 Å². The molecule has 2 heterocycles. The van der Waals surface area contributed by atoms with Gasteiger partial charge in [0, 0.05) is 37.9 Å². The van der Waals surface area contributed by atoms with E-state index in [0.717, 1.165) is 11.3 Å². The molecule has 2 amide bonds. The number of nitrogens with zero attached hydrogens (tertiary/aromatic N) is 3. The van der Waals surface area contributed by atoms with Gasteiger partial charge in [-0.2, -0.15) is 0 Å². The third-order valence-corrected chi connectivity index (χ3v) is 5.38. The van der Waals surface area contributed by atoms with E-state index in [1.807, 2.05) is 35.2 Å². The molecular weight excluding hydrogens is 406 g/mol. The number of methoxy groups -OCH3 is 1. The SMILES string of the molecule is COc1cccc(CC(=O)N2CCN(C(=O)c3ccc(Oc4cccnc4)cc3)CC2)c1. The molecule has 3 aromatic rings. The molecule has 1 aliphatic rings. The molecule has 0 unspecified atom stereocenters. The first-order chi connectivity index (χ1) is 15.6. The molecule has 7 nitrogen and oxygen atoms in total. The minimum absolute atomic E-state index is 0.0437. The summed E-state index contributed by atoms with van der Waals surface area (Å²) in [6, 6.07) is 18.2. The van der Waals surface area contributed by atoms with Crippen LogP contribution in [0.15, 0.2) is 73.1 Å². The zero-order valence-corrected chi connectivity index (χ0v) is 17.9. The Kier molecular flexibility index (Phi) is 6.65. The molecule has 0 spiro atoms. The van der Waals surface area contributed by atoms with Crippen molar-refractivity contribution >= 4 is 11.8 Å². The summed E-state index contributed by atoms with van der Waals surface area (Å²) >= 11 is 0. The number of carbonyl (C=O) groups is 2. The number of rotatable bonds is 6. The van der Waals surface area contributed by atoms with E-state index in [-0.39, 0.29) is 11.8 Å². The fourth-order valence-corrected chi connectivity index (χ4v) is 3.62. The van der Waals surface area contributed by atoms with Crippen molar-refractivity contribution in [3.05, 3.63) is 84.2 Å². The lowest BCUT2D eigenvalue weighted by molar-refractivity contribution is -0.131. The van der Waals surface area contributed by atoms with Gasteiger partial charge in [-0.1, -0.05) is 12.1 Å². The van der Waals surface area contributed by atoms with Crippen molar-refractivity contribution in [1.82, 2.24) is 14.8 Å². The Balaban J connectivity index is 1.29. The highest BCUT2D eigenvalue weighted by Crippen LogP contribution is 2.21. The second-order valence-electron chi connectivity index (χ2n) is 7.52. The van der Waals surface area contributed by atoms with Crippen molar-refractivity contribution in [2.24, 2.45) is 0 Å². The van der Waals surface area contributed by atoms with Gasteiger partial charge in [-0.3, -0.25) is 14.6 Å². The molecule has 0 bridgehead atoms. The van der Waals surface area contributed by atoms with E-state index in [1.54, 1.807) is 54.7 Å². The van der Waals surface area contributed by atoms with Crippen molar-refractivity contribution < 1.29 is 19.1 Å². The zero-order valence-electron chi connectivity index (χ0n) is 17.9. The lowest BCUT2D eigenvalue weighted by Crippen LogP contribution is -2.51. The van der Waals surface area contributed by atoms with Gasteiger partial charge in [0.05, 0.1) is 19.7 Å². The molecule has 164 valence electrons. The maximum atomic E-state index is 12.9. The number of carbonyl (C=O) groups excluding carboxylic acids is 2. The molecule has 1 aromatic heterocycles. The van der Waals surface area contributed by atoms with E-state index in [0.29, 0.717) is 49.7 Å². The molecule has 1 aliphatic heterocycles. The van der Waals surface area contributed by atoms with Gasteiger partial charge in [-0.25, -0.2) is 0 Å². The van der Waals surface area contributed by atoms with Crippen molar-refractivity contribution in [1.29, 1.82) is 0 Å².